The molecule has 1 aromatic rings. The lowest BCUT2D eigenvalue weighted by Gasteiger charge is -2.27. The Labute approximate surface area is 132 Å². The van der Waals surface area contributed by atoms with Gasteiger partial charge in [0.05, 0.1) is 17.2 Å². The average molecular weight is 308 g/mol. The number of rotatable bonds is 6. The summed E-state index contributed by atoms with van der Waals surface area (Å²) in [5.41, 5.74) is 1.06. The van der Waals surface area contributed by atoms with Gasteiger partial charge in [-0.05, 0) is 45.4 Å². The quantitative estimate of drug-likeness (QED) is 0.847. The van der Waals surface area contributed by atoms with Gasteiger partial charge in [-0.15, -0.1) is 11.3 Å². The largest absolute Gasteiger partial charge is 0.351 e. The Bertz CT molecular complexity index is 461. The van der Waals surface area contributed by atoms with Gasteiger partial charge in [-0.1, -0.05) is 26.2 Å². The minimum absolute atomic E-state index is 0.234. The zero-order valence-electron chi connectivity index (χ0n) is 13.6. The fourth-order valence-electron chi connectivity index (χ4n) is 3.26. The molecule has 0 bridgehead atoms. The van der Waals surface area contributed by atoms with Crippen molar-refractivity contribution in [2.24, 2.45) is 11.8 Å². The Morgan fingerprint density at radius 2 is 2.00 bits per heavy atom. The van der Waals surface area contributed by atoms with Crippen LogP contribution in [0.1, 0.15) is 67.4 Å². The van der Waals surface area contributed by atoms with Crippen LogP contribution in [0.2, 0.25) is 0 Å². The van der Waals surface area contributed by atoms with E-state index in [0.717, 1.165) is 29.5 Å². The lowest BCUT2D eigenvalue weighted by atomic mass is 9.79. The van der Waals surface area contributed by atoms with Gasteiger partial charge in [0.25, 0.3) is 0 Å². The van der Waals surface area contributed by atoms with Gasteiger partial charge in [0.2, 0.25) is 5.91 Å². The van der Waals surface area contributed by atoms with Crippen LogP contribution in [0, 0.1) is 25.7 Å². The second-order valence-corrected chi connectivity index (χ2v) is 7.61. The van der Waals surface area contributed by atoms with Crippen LogP contribution < -0.4 is 5.32 Å². The van der Waals surface area contributed by atoms with Gasteiger partial charge in [-0.2, -0.15) is 0 Å². The van der Waals surface area contributed by atoms with Gasteiger partial charge < -0.3 is 5.32 Å². The molecule has 118 valence electrons. The van der Waals surface area contributed by atoms with E-state index >= 15 is 0 Å². The minimum Gasteiger partial charge on any atom is -0.351 e. The van der Waals surface area contributed by atoms with Gasteiger partial charge in [0.15, 0.2) is 0 Å². The van der Waals surface area contributed by atoms with Crippen molar-refractivity contribution in [3.8, 4) is 0 Å². The van der Waals surface area contributed by atoms with E-state index in [-0.39, 0.29) is 11.8 Å². The van der Waals surface area contributed by atoms with Crippen LogP contribution in [0.3, 0.4) is 0 Å². The van der Waals surface area contributed by atoms with Gasteiger partial charge in [0.1, 0.15) is 0 Å². The lowest BCUT2D eigenvalue weighted by Crippen LogP contribution is -2.32. The molecular weight excluding hydrogens is 280 g/mol. The SMILES string of the molecule is CCCCC1CCC(C(=O)NCc2sc(C)nc2C)CC1. The number of unbranched alkanes of at least 4 members (excludes halogenated alkanes) is 1. The third kappa shape index (κ3) is 4.80. The van der Waals surface area contributed by atoms with Crippen LogP contribution in [0.5, 0.6) is 0 Å². The maximum Gasteiger partial charge on any atom is 0.223 e. The molecule has 21 heavy (non-hydrogen) atoms. The van der Waals surface area contributed by atoms with Crippen molar-refractivity contribution in [1.82, 2.24) is 10.3 Å². The van der Waals surface area contributed by atoms with Crippen LogP contribution in [0.4, 0.5) is 0 Å². The van der Waals surface area contributed by atoms with Crippen molar-refractivity contribution in [2.75, 3.05) is 0 Å². The van der Waals surface area contributed by atoms with Crippen molar-refractivity contribution < 1.29 is 4.79 Å². The number of hydrogen-bond donors (Lipinski definition) is 1. The molecule has 2 rings (SSSR count). The number of hydrogen-bond acceptors (Lipinski definition) is 3. The van der Waals surface area contributed by atoms with Crippen molar-refractivity contribution in [1.29, 1.82) is 0 Å². The van der Waals surface area contributed by atoms with Gasteiger partial charge >= 0.3 is 0 Å². The molecule has 1 aliphatic carbocycles. The zero-order valence-corrected chi connectivity index (χ0v) is 14.4. The Balaban J connectivity index is 1.73. The predicted molar refractivity (Wildman–Crippen MR) is 88.4 cm³/mol. The molecular formula is C17H28N2OS. The number of aryl methyl sites for hydroxylation is 2. The highest BCUT2D eigenvalue weighted by Gasteiger charge is 2.25. The second kappa shape index (κ2) is 7.92. The highest BCUT2D eigenvalue weighted by atomic mass is 32.1. The van der Waals surface area contributed by atoms with Crippen molar-refractivity contribution in [3.63, 3.8) is 0 Å². The maximum atomic E-state index is 12.3. The first-order valence-corrected chi connectivity index (χ1v) is 9.12. The highest BCUT2D eigenvalue weighted by molar-refractivity contribution is 7.11. The number of nitrogens with zero attached hydrogens (tertiary/aromatic N) is 1. The Hall–Kier alpha value is -0.900. The monoisotopic (exact) mass is 308 g/mol. The molecule has 0 spiro atoms. The molecule has 1 heterocycles. The molecule has 0 radical (unpaired) electrons. The van der Waals surface area contributed by atoms with Crippen molar-refractivity contribution >= 4 is 17.2 Å². The van der Waals surface area contributed by atoms with Crippen LogP contribution in [0.15, 0.2) is 0 Å². The van der Waals surface area contributed by atoms with E-state index in [1.54, 1.807) is 11.3 Å². The van der Waals surface area contributed by atoms with Crippen molar-refractivity contribution in [2.45, 2.75) is 72.3 Å². The van der Waals surface area contributed by atoms with Gasteiger partial charge in [-0.25, -0.2) is 4.98 Å². The summed E-state index contributed by atoms with van der Waals surface area (Å²) in [7, 11) is 0. The fourth-order valence-corrected chi connectivity index (χ4v) is 4.13. The van der Waals surface area contributed by atoms with E-state index in [0.29, 0.717) is 6.54 Å². The third-order valence-corrected chi connectivity index (χ3v) is 5.68. The highest BCUT2D eigenvalue weighted by Crippen LogP contribution is 2.32. The number of aromatic nitrogens is 1. The maximum absolute atomic E-state index is 12.3. The summed E-state index contributed by atoms with van der Waals surface area (Å²) >= 11 is 1.69. The van der Waals surface area contributed by atoms with Crippen LogP contribution in [-0.2, 0) is 11.3 Å². The minimum atomic E-state index is 0.234. The third-order valence-electron chi connectivity index (χ3n) is 4.61. The molecule has 0 unspecified atom stereocenters. The molecule has 0 aliphatic heterocycles. The molecule has 1 amide bonds. The molecule has 0 aromatic carbocycles. The number of carbonyl (C=O) groups excluding carboxylic acids is 1. The smallest absolute Gasteiger partial charge is 0.223 e. The molecule has 1 aliphatic rings. The van der Waals surface area contributed by atoms with E-state index in [1.165, 1.54) is 37.0 Å². The molecule has 1 fully saturated rings. The Morgan fingerprint density at radius 1 is 1.29 bits per heavy atom. The predicted octanol–water partition coefficient (Wildman–Crippen LogP) is 4.37. The number of thiazole rings is 1. The summed E-state index contributed by atoms with van der Waals surface area (Å²) in [5.74, 6) is 1.34. The molecule has 3 nitrogen and oxygen atoms in total. The summed E-state index contributed by atoms with van der Waals surface area (Å²) in [6.07, 6.45) is 8.58. The number of nitrogens with one attached hydrogen (secondary N) is 1. The Kier molecular flexibility index (Phi) is 6.22. The molecule has 0 atom stereocenters. The molecule has 1 aromatic heterocycles. The summed E-state index contributed by atoms with van der Waals surface area (Å²) in [6.45, 7) is 6.93. The number of carbonyl (C=O) groups is 1. The zero-order chi connectivity index (χ0) is 15.2. The summed E-state index contributed by atoms with van der Waals surface area (Å²) in [4.78, 5) is 17.9. The summed E-state index contributed by atoms with van der Waals surface area (Å²) < 4.78 is 0. The lowest BCUT2D eigenvalue weighted by molar-refractivity contribution is -0.126. The first-order valence-electron chi connectivity index (χ1n) is 8.30. The van der Waals surface area contributed by atoms with Gasteiger partial charge in [0, 0.05) is 10.8 Å². The van der Waals surface area contributed by atoms with Crippen LogP contribution >= 0.6 is 11.3 Å². The first-order chi connectivity index (χ1) is 10.1. The molecule has 1 saturated carbocycles. The van der Waals surface area contributed by atoms with Gasteiger partial charge in [-0.3, -0.25) is 4.79 Å². The summed E-state index contributed by atoms with van der Waals surface area (Å²) in [6, 6.07) is 0. The normalized spacial score (nSPS) is 22.2. The van der Waals surface area contributed by atoms with E-state index < -0.39 is 0 Å². The van der Waals surface area contributed by atoms with Crippen molar-refractivity contribution in [3.05, 3.63) is 15.6 Å². The topological polar surface area (TPSA) is 42.0 Å². The second-order valence-electron chi connectivity index (χ2n) is 6.32. The van der Waals surface area contributed by atoms with Crippen LogP contribution in [-0.4, -0.2) is 10.9 Å². The van der Waals surface area contributed by atoms with E-state index in [4.69, 9.17) is 0 Å². The Morgan fingerprint density at radius 3 is 2.57 bits per heavy atom. The molecule has 1 N–H and O–H groups in total. The molecule has 0 saturated heterocycles. The van der Waals surface area contributed by atoms with E-state index in [9.17, 15) is 4.79 Å². The standard InChI is InChI=1S/C17H28N2OS/c1-4-5-6-14-7-9-15(10-8-14)17(20)18-11-16-12(2)19-13(3)21-16/h14-15H,4-11H2,1-3H3,(H,18,20). The van der Waals surface area contributed by atoms with Crippen LogP contribution in [0.25, 0.3) is 0 Å². The van der Waals surface area contributed by atoms with E-state index in [2.05, 4.69) is 17.2 Å². The molecule has 4 heteroatoms. The average Bonchev–Trinajstić information content (AvgIpc) is 2.81. The summed E-state index contributed by atoms with van der Waals surface area (Å²) in [5, 5.41) is 4.19. The number of amides is 1. The fraction of sp³-hybridized carbons (Fsp3) is 0.765. The first kappa shape index (κ1) is 16.5. The van der Waals surface area contributed by atoms with E-state index in [1.807, 2.05) is 13.8 Å².